The van der Waals surface area contributed by atoms with Crippen LogP contribution in [0.1, 0.15) is 5.69 Å². The summed E-state index contributed by atoms with van der Waals surface area (Å²) in [6.45, 7) is 0.103. The Morgan fingerprint density at radius 3 is 2.89 bits per heavy atom. The van der Waals surface area contributed by atoms with Crippen LogP contribution in [0.4, 0.5) is 0 Å². The van der Waals surface area contributed by atoms with Gasteiger partial charge < -0.3 is 14.4 Å². The van der Waals surface area contributed by atoms with E-state index in [1.807, 2.05) is 23.7 Å². The maximum atomic E-state index is 8.98. The van der Waals surface area contributed by atoms with Crippen molar-refractivity contribution in [3.05, 3.63) is 35.1 Å². The van der Waals surface area contributed by atoms with Crippen LogP contribution in [0, 0.1) is 0 Å². The number of rotatable bonds is 4. The highest BCUT2D eigenvalue weighted by Gasteiger charge is 2.13. The van der Waals surface area contributed by atoms with E-state index in [-0.39, 0.29) is 6.61 Å². The Kier molecular flexibility index (Phi) is 3.89. The van der Waals surface area contributed by atoms with Crippen molar-refractivity contribution >= 4 is 11.6 Å². The first-order valence-electron chi connectivity index (χ1n) is 5.62. The summed E-state index contributed by atoms with van der Waals surface area (Å²) < 4.78 is 7.25. The molecule has 0 aliphatic heterocycles. The lowest BCUT2D eigenvalue weighted by molar-refractivity contribution is 0.297. The zero-order valence-corrected chi connectivity index (χ0v) is 11.1. The van der Waals surface area contributed by atoms with Crippen LogP contribution >= 0.6 is 11.6 Å². The van der Waals surface area contributed by atoms with Gasteiger partial charge >= 0.3 is 0 Å². The summed E-state index contributed by atoms with van der Waals surface area (Å²) >= 11 is 6.01. The smallest absolute Gasteiger partial charge is 0.143 e. The zero-order valence-electron chi connectivity index (χ0n) is 10.4. The van der Waals surface area contributed by atoms with E-state index in [0.717, 1.165) is 22.8 Å². The standard InChI is InChI=1S/C13H15ClN2O2/c1-16-10(5-6-17)8-15-13(16)11-7-9(14)3-4-12(11)18-2/h3-4,7-8,17H,5-6H2,1-2H3. The molecule has 0 spiro atoms. The van der Waals surface area contributed by atoms with Crippen molar-refractivity contribution in [1.29, 1.82) is 0 Å². The minimum atomic E-state index is 0.103. The summed E-state index contributed by atoms with van der Waals surface area (Å²) in [6.07, 6.45) is 2.33. The van der Waals surface area contributed by atoms with E-state index >= 15 is 0 Å². The van der Waals surface area contributed by atoms with Crippen molar-refractivity contribution in [2.45, 2.75) is 6.42 Å². The Bertz CT molecular complexity index is 552. The van der Waals surface area contributed by atoms with Crippen molar-refractivity contribution in [1.82, 2.24) is 9.55 Å². The Morgan fingerprint density at radius 2 is 2.22 bits per heavy atom. The number of methoxy groups -OCH3 is 1. The minimum absolute atomic E-state index is 0.103. The van der Waals surface area contributed by atoms with Crippen LogP contribution in [-0.4, -0.2) is 28.4 Å². The van der Waals surface area contributed by atoms with Crippen molar-refractivity contribution in [3.8, 4) is 17.1 Å². The molecule has 1 aromatic carbocycles. The molecule has 1 heterocycles. The fourth-order valence-electron chi connectivity index (χ4n) is 1.90. The number of aliphatic hydroxyl groups excluding tert-OH is 1. The molecule has 0 atom stereocenters. The highest BCUT2D eigenvalue weighted by Crippen LogP contribution is 2.31. The van der Waals surface area contributed by atoms with Crippen molar-refractivity contribution in [2.75, 3.05) is 13.7 Å². The van der Waals surface area contributed by atoms with Crippen LogP contribution < -0.4 is 4.74 Å². The number of hydrogen-bond donors (Lipinski definition) is 1. The zero-order chi connectivity index (χ0) is 13.1. The maximum Gasteiger partial charge on any atom is 0.143 e. The van der Waals surface area contributed by atoms with Gasteiger partial charge in [0, 0.05) is 37.0 Å². The highest BCUT2D eigenvalue weighted by atomic mass is 35.5. The van der Waals surface area contributed by atoms with Gasteiger partial charge in [0.2, 0.25) is 0 Å². The van der Waals surface area contributed by atoms with Crippen LogP contribution in [-0.2, 0) is 13.5 Å². The van der Waals surface area contributed by atoms with Gasteiger partial charge in [0.05, 0.1) is 12.7 Å². The normalized spacial score (nSPS) is 10.7. The second-order valence-electron chi connectivity index (χ2n) is 3.95. The molecule has 0 aliphatic rings. The van der Waals surface area contributed by atoms with E-state index in [1.165, 1.54) is 0 Å². The molecule has 2 aromatic rings. The Hall–Kier alpha value is -1.52. The van der Waals surface area contributed by atoms with E-state index in [9.17, 15) is 0 Å². The molecule has 2 rings (SSSR count). The van der Waals surface area contributed by atoms with E-state index in [2.05, 4.69) is 4.98 Å². The van der Waals surface area contributed by atoms with Gasteiger partial charge in [0.25, 0.3) is 0 Å². The molecule has 5 heteroatoms. The molecule has 0 saturated heterocycles. The van der Waals surface area contributed by atoms with Gasteiger partial charge in [-0.05, 0) is 18.2 Å². The Balaban J connectivity index is 2.51. The summed E-state index contributed by atoms with van der Waals surface area (Å²) in [7, 11) is 3.53. The average Bonchev–Trinajstić information content (AvgIpc) is 2.72. The number of imidazole rings is 1. The van der Waals surface area contributed by atoms with Crippen LogP contribution in [0.15, 0.2) is 24.4 Å². The Morgan fingerprint density at radius 1 is 1.44 bits per heavy atom. The third kappa shape index (κ3) is 2.35. The molecule has 0 saturated carbocycles. The van der Waals surface area contributed by atoms with E-state index in [1.54, 1.807) is 19.4 Å². The first-order valence-corrected chi connectivity index (χ1v) is 6.00. The van der Waals surface area contributed by atoms with Crippen molar-refractivity contribution in [3.63, 3.8) is 0 Å². The number of halogens is 1. The quantitative estimate of drug-likeness (QED) is 0.924. The molecule has 0 unspecified atom stereocenters. The van der Waals surface area contributed by atoms with Gasteiger partial charge in [0.1, 0.15) is 11.6 Å². The second-order valence-corrected chi connectivity index (χ2v) is 4.39. The van der Waals surface area contributed by atoms with Gasteiger partial charge in [-0.3, -0.25) is 0 Å². The van der Waals surface area contributed by atoms with Crippen LogP contribution in [0.3, 0.4) is 0 Å². The molecule has 1 N–H and O–H groups in total. The molecule has 0 radical (unpaired) electrons. The van der Waals surface area contributed by atoms with Gasteiger partial charge in [-0.1, -0.05) is 11.6 Å². The van der Waals surface area contributed by atoms with Crippen LogP contribution in [0.5, 0.6) is 5.75 Å². The van der Waals surface area contributed by atoms with E-state index < -0.39 is 0 Å². The van der Waals surface area contributed by atoms with Crippen molar-refractivity contribution < 1.29 is 9.84 Å². The second kappa shape index (κ2) is 5.42. The number of aromatic nitrogens is 2. The van der Waals surface area contributed by atoms with Crippen LogP contribution in [0.25, 0.3) is 11.4 Å². The molecule has 0 fully saturated rings. The highest BCUT2D eigenvalue weighted by molar-refractivity contribution is 6.30. The monoisotopic (exact) mass is 266 g/mol. The third-order valence-electron chi connectivity index (χ3n) is 2.85. The lowest BCUT2D eigenvalue weighted by Crippen LogP contribution is -2.01. The number of aliphatic hydroxyl groups is 1. The Labute approximate surface area is 111 Å². The lowest BCUT2D eigenvalue weighted by atomic mass is 10.2. The first-order chi connectivity index (χ1) is 8.67. The number of nitrogens with zero attached hydrogens (tertiary/aromatic N) is 2. The van der Waals surface area contributed by atoms with Crippen LogP contribution in [0.2, 0.25) is 5.02 Å². The molecule has 0 bridgehead atoms. The minimum Gasteiger partial charge on any atom is -0.496 e. The predicted octanol–water partition coefficient (Wildman–Crippen LogP) is 2.28. The third-order valence-corrected chi connectivity index (χ3v) is 3.09. The summed E-state index contributed by atoms with van der Waals surface area (Å²) in [6, 6.07) is 5.42. The fraction of sp³-hybridized carbons (Fsp3) is 0.308. The largest absolute Gasteiger partial charge is 0.496 e. The van der Waals surface area contributed by atoms with Gasteiger partial charge in [0.15, 0.2) is 0 Å². The lowest BCUT2D eigenvalue weighted by Gasteiger charge is -2.10. The molecule has 0 amide bonds. The molecular formula is C13H15ClN2O2. The maximum absolute atomic E-state index is 8.98. The van der Waals surface area contributed by atoms with Gasteiger partial charge in [-0.25, -0.2) is 4.98 Å². The average molecular weight is 267 g/mol. The van der Waals surface area contributed by atoms with E-state index in [0.29, 0.717) is 11.4 Å². The summed E-state index contributed by atoms with van der Waals surface area (Å²) in [5.41, 5.74) is 1.81. The summed E-state index contributed by atoms with van der Waals surface area (Å²) in [5.74, 6) is 1.50. The molecule has 1 aromatic heterocycles. The summed E-state index contributed by atoms with van der Waals surface area (Å²) in [5, 5.41) is 9.62. The molecule has 4 nitrogen and oxygen atoms in total. The molecule has 96 valence electrons. The SMILES string of the molecule is COc1ccc(Cl)cc1-c1ncc(CCO)n1C. The molecule has 0 aliphatic carbocycles. The van der Waals surface area contributed by atoms with Gasteiger partial charge in [-0.15, -0.1) is 0 Å². The van der Waals surface area contributed by atoms with Crippen molar-refractivity contribution in [2.24, 2.45) is 7.05 Å². The number of ether oxygens (including phenoxy) is 1. The fourth-order valence-corrected chi connectivity index (χ4v) is 2.07. The number of benzene rings is 1. The summed E-state index contributed by atoms with van der Waals surface area (Å²) in [4.78, 5) is 4.37. The molecule has 18 heavy (non-hydrogen) atoms. The predicted molar refractivity (Wildman–Crippen MR) is 71.0 cm³/mol. The molecular weight excluding hydrogens is 252 g/mol. The topological polar surface area (TPSA) is 47.3 Å². The van der Waals surface area contributed by atoms with Gasteiger partial charge in [-0.2, -0.15) is 0 Å². The van der Waals surface area contributed by atoms with E-state index in [4.69, 9.17) is 21.4 Å². The number of hydrogen-bond acceptors (Lipinski definition) is 3. The first kappa shape index (κ1) is 12.9.